The van der Waals surface area contributed by atoms with Crippen LogP contribution < -0.4 is 4.43 Å². The predicted octanol–water partition coefficient (Wildman–Crippen LogP) is 7.69. The molecule has 2 aromatic rings. The molecular weight excluding hydrogens is 379 g/mol. The lowest BCUT2D eigenvalue weighted by molar-refractivity contribution is -0.140. The fourth-order valence-electron chi connectivity index (χ4n) is 4.67. The Bertz CT molecular complexity index is 835. The second-order valence-corrected chi connectivity index (χ2v) is 14.3. The smallest absolute Gasteiger partial charge is 0.433 e. The molecule has 0 amide bonds. The molecule has 0 N–H and O–H groups in total. The third-order valence-electron chi connectivity index (χ3n) is 6.12. The number of aromatic nitrogens is 1. The highest BCUT2D eigenvalue weighted by atomic mass is 28.4. The first-order valence-corrected chi connectivity index (χ1v) is 12.3. The molecule has 0 unspecified atom stereocenters. The molecule has 28 heavy (non-hydrogen) atoms. The summed E-state index contributed by atoms with van der Waals surface area (Å²) in [6, 6.07) is 6.32. The van der Waals surface area contributed by atoms with Gasteiger partial charge in [-0.2, -0.15) is 13.2 Å². The van der Waals surface area contributed by atoms with Crippen molar-refractivity contribution in [3.8, 4) is 5.75 Å². The Morgan fingerprint density at radius 1 is 0.964 bits per heavy atom. The number of fused-ring (bicyclic) bond motifs is 1. The van der Waals surface area contributed by atoms with Crippen LogP contribution in [0.3, 0.4) is 0 Å². The highest BCUT2D eigenvalue weighted by Crippen LogP contribution is 2.49. The Kier molecular flexibility index (Phi) is 5.56. The first-order chi connectivity index (χ1) is 13.0. The molecule has 0 radical (unpaired) electrons. The number of rotatable bonds is 6. The Hall–Kier alpha value is -1.56. The monoisotopic (exact) mass is 409 g/mol. The van der Waals surface area contributed by atoms with Crippen molar-refractivity contribution in [2.24, 2.45) is 0 Å². The summed E-state index contributed by atoms with van der Waals surface area (Å²) in [5.74, 6) is 1.23. The SMILES string of the molecule is CC(C)[Si](Oc1cc2ccc(C(F)(F)F)nc2cc1C1CC1)(C(C)C)C(C)C. The van der Waals surface area contributed by atoms with E-state index in [1.54, 1.807) is 0 Å². The van der Waals surface area contributed by atoms with Gasteiger partial charge in [0.2, 0.25) is 0 Å². The molecule has 1 saturated carbocycles. The van der Waals surface area contributed by atoms with Gasteiger partial charge < -0.3 is 4.43 Å². The molecule has 1 aliphatic carbocycles. The van der Waals surface area contributed by atoms with E-state index >= 15 is 0 Å². The summed E-state index contributed by atoms with van der Waals surface area (Å²) in [6.45, 7) is 13.4. The second-order valence-electron chi connectivity index (χ2n) is 8.97. The van der Waals surface area contributed by atoms with E-state index in [2.05, 4.69) is 46.5 Å². The number of pyridine rings is 1. The van der Waals surface area contributed by atoms with E-state index in [1.807, 2.05) is 12.1 Å². The maximum Gasteiger partial charge on any atom is 0.433 e. The zero-order valence-electron chi connectivity index (χ0n) is 17.5. The number of hydrogen-bond acceptors (Lipinski definition) is 2. The lowest BCUT2D eigenvalue weighted by atomic mass is 10.1. The van der Waals surface area contributed by atoms with Crippen LogP contribution in [0.25, 0.3) is 10.9 Å². The van der Waals surface area contributed by atoms with E-state index in [0.717, 1.165) is 30.2 Å². The molecule has 0 spiro atoms. The minimum absolute atomic E-state index is 0.369. The van der Waals surface area contributed by atoms with Gasteiger partial charge in [0.25, 0.3) is 8.32 Å². The fourth-order valence-corrected chi connectivity index (χ4v) is 9.93. The van der Waals surface area contributed by atoms with Gasteiger partial charge in [0.15, 0.2) is 0 Å². The third kappa shape index (κ3) is 3.80. The standard InChI is InChI=1S/C22H30F3NOSi/c1-13(2)28(14(3)4,15(5)6)27-20-11-17-9-10-21(22(23,24)25)26-19(17)12-18(20)16-7-8-16/h9-16H,7-8H2,1-6H3. The van der Waals surface area contributed by atoms with Crippen molar-refractivity contribution >= 4 is 19.2 Å². The highest BCUT2D eigenvalue weighted by Gasteiger charge is 2.47. The molecule has 1 fully saturated rings. The Morgan fingerprint density at radius 2 is 1.54 bits per heavy atom. The maximum absolute atomic E-state index is 13.1. The highest BCUT2D eigenvalue weighted by molar-refractivity contribution is 6.78. The Morgan fingerprint density at radius 3 is 2.00 bits per heavy atom. The van der Waals surface area contributed by atoms with Crippen LogP contribution in [0.4, 0.5) is 13.2 Å². The van der Waals surface area contributed by atoms with Gasteiger partial charge >= 0.3 is 6.18 Å². The van der Waals surface area contributed by atoms with Gasteiger partial charge in [-0.1, -0.05) is 47.6 Å². The Balaban J connectivity index is 2.13. The largest absolute Gasteiger partial charge is 0.542 e. The molecule has 0 saturated heterocycles. The number of halogens is 3. The summed E-state index contributed by atoms with van der Waals surface area (Å²) in [5.41, 5.74) is 1.88. The zero-order valence-corrected chi connectivity index (χ0v) is 18.5. The van der Waals surface area contributed by atoms with Crippen molar-refractivity contribution in [1.82, 2.24) is 4.98 Å². The van der Waals surface area contributed by atoms with E-state index in [1.165, 1.54) is 6.07 Å². The van der Waals surface area contributed by atoms with Crippen molar-refractivity contribution in [3.63, 3.8) is 0 Å². The van der Waals surface area contributed by atoms with Crippen molar-refractivity contribution < 1.29 is 17.6 Å². The van der Waals surface area contributed by atoms with Crippen molar-refractivity contribution in [3.05, 3.63) is 35.5 Å². The lowest BCUT2D eigenvalue weighted by Crippen LogP contribution is -2.50. The zero-order chi connectivity index (χ0) is 20.9. The van der Waals surface area contributed by atoms with Crippen LogP contribution in [0.15, 0.2) is 24.3 Å². The molecule has 1 heterocycles. The van der Waals surface area contributed by atoms with Crippen LogP contribution in [0.5, 0.6) is 5.75 Å². The average Bonchev–Trinajstić information content (AvgIpc) is 3.41. The first-order valence-electron chi connectivity index (χ1n) is 10.2. The van der Waals surface area contributed by atoms with Gasteiger partial charge in [-0.3, -0.25) is 0 Å². The topological polar surface area (TPSA) is 22.1 Å². The van der Waals surface area contributed by atoms with E-state index in [9.17, 15) is 13.2 Å². The summed E-state index contributed by atoms with van der Waals surface area (Å²) < 4.78 is 46.1. The molecule has 154 valence electrons. The molecule has 6 heteroatoms. The maximum atomic E-state index is 13.1. The van der Waals surface area contributed by atoms with E-state index in [4.69, 9.17) is 4.43 Å². The van der Waals surface area contributed by atoms with Crippen LogP contribution in [0.1, 0.15) is 71.6 Å². The summed E-state index contributed by atoms with van der Waals surface area (Å²) in [4.78, 5) is 3.89. The second kappa shape index (κ2) is 7.36. The molecule has 0 atom stereocenters. The number of nitrogens with zero attached hydrogens (tertiary/aromatic N) is 1. The molecule has 1 aromatic heterocycles. The van der Waals surface area contributed by atoms with Gasteiger partial charge in [-0.05, 0) is 59.1 Å². The van der Waals surface area contributed by atoms with Crippen LogP contribution in [0.2, 0.25) is 16.6 Å². The lowest BCUT2D eigenvalue weighted by Gasteiger charge is -2.42. The average molecular weight is 410 g/mol. The predicted molar refractivity (Wildman–Crippen MR) is 110 cm³/mol. The van der Waals surface area contributed by atoms with Gasteiger partial charge in [-0.25, -0.2) is 4.98 Å². The van der Waals surface area contributed by atoms with E-state index in [0.29, 0.717) is 33.4 Å². The minimum Gasteiger partial charge on any atom is -0.542 e. The van der Waals surface area contributed by atoms with Gasteiger partial charge in [0.05, 0.1) is 5.52 Å². The molecule has 0 aliphatic heterocycles. The summed E-state index contributed by atoms with van der Waals surface area (Å²) in [7, 11) is -2.15. The number of benzene rings is 1. The minimum atomic E-state index is -4.43. The number of alkyl halides is 3. The van der Waals surface area contributed by atoms with E-state index in [-0.39, 0.29) is 0 Å². The summed E-state index contributed by atoms with van der Waals surface area (Å²) in [6.07, 6.45) is -2.32. The van der Waals surface area contributed by atoms with Crippen LogP contribution >= 0.6 is 0 Å². The summed E-state index contributed by atoms with van der Waals surface area (Å²) in [5, 5.41) is 0.701. The quantitative estimate of drug-likeness (QED) is 0.456. The Labute approximate surface area is 166 Å². The number of hydrogen-bond donors (Lipinski definition) is 0. The fraction of sp³-hybridized carbons (Fsp3) is 0.591. The van der Waals surface area contributed by atoms with Crippen molar-refractivity contribution in [2.75, 3.05) is 0 Å². The normalized spacial score (nSPS) is 15.9. The van der Waals surface area contributed by atoms with Gasteiger partial charge in [-0.15, -0.1) is 0 Å². The summed E-state index contributed by atoms with van der Waals surface area (Å²) >= 11 is 0. The first kappa shape index (κ1) is 21.2. The molecule has 3 rings (SSSR count). The van der Waals surface area contributed by atoms with Gasteiger partial charge in [0, 0.05) is 5.39 Å². The van der Waals surface area contributed by atoms with Crippen LogP contribution in [-0.2, 0) is 6.18 Å². The molecular formula is C22H30F3NOSi. The van der Waals surface area contributed by atoms with Crippen LogP contribution in [-0.4, -0.2) is 13.3 Å². The van der Waals surface area contributed by atoms with Crippen molar-refractivity contribution in [1.29, 1.82) is 0 Å². The molecule has 0 bridgehead atoms. The molecule has 2 nitrogen and oxygen atoms in total. The molecule has 1 aromatic carbocycles. The van der Waals surface area contributed by atoms with Crippen molar-refractivity contribution in [2.45, 2.75) is 83.1 Å². The van der Waals surface area contributed by atoms with E-state index < -0.39 is 20.2 Å². The van der Waals surface area contributed by atoms with Crippen LogP contribution in [0, 0.1) is 0 Å². The van der Waals surface area contributed by atoms with Gasteiger partial charge in [0.1, 0.15) is 11.4 Å². The third-order valence-corrected chi connectivity index (χ3v) is 12.1. The molecule has 1 aliphatic rings.